The van der Waals surface area contributed by atoms with Crippen LogP contribution in [0.15, 0.2) is 104 Å². The zero-order valence-electron chi connectivity index (χ0n) is 18.5. The van der Waals surface area contributed by atoms with Crippen LogP contribution in [0.2, 0.25) is 0 Å². The molecule has 5 aromatic rings. The normalized spacial score (nSPS) is 11.3. The summed E-state index contributed by atoms with van der Waals surface area (Å²) in [4.78, 5) is 30.5. The van der Waals surface area contributed by atoms with Crippen molar-refractivity contribution in [2.75, 3.05) is 0 Å². The number of rotatable bonds is 5. The van der Waals surface area contributed by atoms with Crippen molar-refractivity contribution < 1.29 is 13.9 Å². The molecule has 0 bridgehead atoms. The first-order chi connectivity index (χ1) is 17.0. The molecule has 0 aliphatic heterocycles. The molecule has 0 unspecified atom stereocenters. The summed E-state index contributed by atoms with van der Waals surface area (Å²) in [6, 6.07) is 23.0. The van der Waals surface area contributed by atoms with Crippen molar-refractivity contribution in [3.05, 3.63) is 117 Å². The van der Waals surface area contributed by atoms with Gasteiger partial charge in [0.25, 0.3) is 5.56 Å². The molecule has 172 valence electrons. The van der Waals surface area contributed by atoms with E-state index in [9.17, 15) is 9.59 Å². The molecule has 5 rings (SSSR count). The van der Waals surface area contributed by atoms with Gasteiger partial charge in [0.2, 0.25) is 5.76 Å². The standard InChI is InChI=1S/C27H18BrN3O4/c1-17-8-10-18(11-9-17)25-30-22-6-3-2-5-21(22)26(32)31(25)29-16-19-15-20(28)12-13-23(19)35-27(33)24-7-4-14-34-24/h2-16H,1H3. The first kappa shape index (κ1) is 22.5. The fraction of sp³-hybridized carbons (Fsp3) is 0.0370. The van der Waals surface area contributed by atoms with Gasteiger partial charge in [-0.3, -0.25) is 4.79 Å². The minimum absolute atomic E-state index is 0.0763. The molecule has 8 heteroatoms. The topological polar surface area (TPSA) is 86.7 Å². The van der Waals surface area contributed by atoms with E-state index in [1.165, 1.54) is 23.2 Å². The number of esters is 1. The minimum Gasteiger partial charge on any atom is -0.457 e. The van der Waals surface area contributed by atoms with Crippen LogP contribution in [0.3, 0.4) is 0 Å². The average molecular weight is 528 g/mol. The summed E-state index contributed by atoms with van der Waals surface area (Å²) in [7, 11) is 0. The van der Waals surface area contributed by atoms with Crippen molar-refractivity contribution in [3.63, 3.8) is 0 Å². The van der Waals surface area contributed by atoms with Gasteiger partial charge in [0, 0.05) is 15.6 Å². The Hall–Kier alpha value is -4.30. The molecular formula is C27H18BrN3O4. The van der Waals surface area contributed by atoms with E-state index in [2.05, 4.69) is 21.0 Å². The molecule has 0 N–H and O–H groups in total. The largest absolute Gasteiger partial charge is 0.457 e. The molecular weight excluding hydrogens is 510 g/mol. The highest BCUT2D eigenvalue weighted by Gasteiger charge is 2.15. The highest BCUT2D eigenvalue weighted by Crippen LogP contribution is 2.24. The molecule has 0 aliphatic carbocycles. The predicted molar refractivity (Wildman–Crippen MR) is 137 cm³/mol. The third kappa shape index (κ3) is 4.69. The Morgan fingerprint density at radius 1 is 1.06 bits per heavy atom. The summed E-state index contributed by atoms with van der Waals surface area (Å²) >= 11 is 3.43. The molecule has 0 fully saturated rings. The van der Waals surface area contributed by atoms with Gasteiger partial charge in [-0.05, 0) is 49.4 Å². The number of halogens is 1. The van der Waals surface area contributed by atoms with Gasteiger partial charge in [0.15, 0.2) is 5.82 Å². The predicted octanol–water partition coefficient (Wildman–Crippen LogP) is 5.83. The molecule has 0 radical (unpaired) electrons. The number of aromatic nitrogens is 2. The monoisotopic (exact) mass is 527 g/mol. The Morgan fingerprint density at radius 2 is 1.86 bits per heavy atom. The number of ether oxygens (including phenoxy) is 1. The van der Waals surface area contributed by atoms with Gasteiger partial charge in [-0.1, -0.05) is 57.9 Å². The molecule has 2 heterocycles. The fourth-order valence-electron chi connectivity index (χ4n) is 3.50. The lowest BCUT2D eigenvalue weighted by Crippen LogP contribution is -2.20. The Labute approximate surface area is 208 Å². The molecule has 35 heavy (non-hydrogen) atoms. The Morgan fingerprint density at radius 3 is 2.63 bits per heavy atom. The summed E-state index contributed by atoms with van der Waals surface area (Å²) < 4.78 is 12.6. The van der Waals surface area contributed by atoms with Crippen LogP contribution in [0.5, 0.6) is 5.75 Å². The van der Waals surface area contributed by atoms with Gasteiger partial charge in [-0.2, -0.15) is 9.78 Å². The van der Waals surface area contributed by atoms with Crippen molar-refractivity contribution in [1.82, 2.24) is 9.66 Å². The summed E-state index contributed by atoms with van der Waals surface area (Å²) in [6.07, 6.45) is 2.86. The summed E-state index contributed by atoms with van der Waals surface area (Å²) in [5.74, 6) is 0.0929. The zero-order valence-corrected chi connectivity index (χ0v) is 20.1. The van der Waals surface area contributed by atoms with Crippen LogP contribution in [-0.2, 0) is 0 Å². The number of hydrogen-bond donors (Lipinski definition) is 0. The number of furan rings is 1. The van der Waals surface area contributed by atoms with E-state index >= 15 is 0 Å². The van der Waals surface area contributed by atoms with Gasteiger partial charge in [-0.25, -0.2) is 9.78 Å². The van der Waals surface area contributed by atoms with E-state index < -0.39 is 5.97 Å². The Kier molecular flexibility index (Phi) is 6.12. The van der Waals surface area contributed by atoms with Gasteiger partial charge < -0.3 is 9.15 Å². The average Bonchev–Trinajstić information content (AvgIpc) is 3.41. The Bertz CT molecular complexity index is 1620. The van der Waals surface area contributed by atoms with E-state index in [-0.39, 0.29) is 17.1 Å². The fourth-order valence-corrected chi connectivity index (χ4v) is 3.88. The lowest BCUT2D eigenvalue weighted by molar-refractivity contribution is 0.0701. The molecule has 7 nitrogen and oxygen atoms in total. The number of carbonyl (C=O) groups is 1. The zero-order chi connectivity index (χ0) is 24.4. The maximum absolute atomic E-state index is 13.4. The van der Waals surface area contributed by atoms with Crippen LogP contribution in [0.25, 0.3) is 22.3 Å². The van der Waals surface area contributed by atoms with Crippen molar-refractivity contribution >= 4 is 39.0 Å². The summed E-state index contributed by atoms with van der Waals surface area (Å²) in [6.45, 7) is 1.99. The molecule has 0 spiro atoms. The summed E-state index contributed by atoms with van der Waals surface area (Å²) in [5, 5.41) is 4.92. The van der Waals surface area contributed by atoms with Gasteiger partial charge in [0.05, 0.1) is 23.4 Å². The van der Waals surface area contributed by atoms with Gasteiger partial charge in [-0.15, -0.1) is 0 Å². The van der Waals surface area contributed by atoms with Crippen LogP contribution in [0, 0.1) is 6.92 Å². The lowest BCUT2D eigenvalue weighted by Gasteiger charge is -2.10. The maximum atomic E-state index is 13.4. The van der Waals surface area contributed by atoms with Gasteiger partial charge in [0.1, 0.15) is 5.75 Å². The third-order valence-electron chi connectivity index (χ3n) is 5.27. The maximum Gasteiger partial charge on any atom is 0.379 e. The van der Waals surface area contributed by atoms with Crippen LogP contribution in [0.1, 0.15) is 21.7 Å². The second-order valence-electron chi connectivity index (χ2n) is 7.73. The third-order valence-corrected chi connectivity index (χ3v) is 5.77. The van der Waals surface area contributed by atoms with E-state index in [0.717, 1.165) is 15.6 Å². The SMILES string of the molecule is Cc1ccc(-c2nc3ccccc3c(=O)n2N=Cc2cc(Br)ccc2OC(=O)c2ccco2)cc1. The highest BCUT2D eigenvalue weighted by atomic mass is 79.9. The molecule has 0 aliphatic rings. The molecule has 0 saturated carbocycles. The van der Waals surface area contributed by atoms with Crippen molar-refractivity contribution in [2.45, 2.75) is 6.92 Å². The number of aryl methyl sites for hydroxylation is 1. The molecule has 2 aromatic heterocycles. The van der Waals surface area contributed by atoms with Crippen molar-refractivity contribution in [1.29, 1.82) is 0 Å². The van der Waals surface area contributed by atoms with E-state index in [4.69, 9.17) is 14.1 Å². The lowest BCUT2D eigenvalue weighted by atomic mass is 10.1. The first-order valence-electron chi connectivity index (χ1n) is 10.7. The number of para-hydroxylation sites is 1. The van der Waals surface area contributed by atoms with Crippen molar-refractivity contribution in [2.24, 2.45) is 5.10 Å². The highest BCUT2D eigenvalue weighted by molar-refractivity contribution is 9.10. The minimum atomic E-state index is -0.642. The van der Waals surface area contributed by atoms with Crippen LogP contribution >= 0.6 is 15.9 Å². The number of benzene rings is 3. The van der Waals surface area contributed by atoms with Gasteiger partial charge >= 0.3 is 5.97 Å². The number of hydrogen-bond acceptors (Lipinski definition) is 6. The van der Waals surface area contributed by atoms with Crippen LogP contribution in [0.4, 0.5) is 0 Å². The smallest absolute Gasteiger partial charge is 0.379 e. The second-order valence-corrected chi connectivity index (χ2v) is 8.64. The van der Waals surface area contributed by atoms with E-state index in [0.29, 0.717) is 22.3 Å². The summed E-state index contributed by atoms with van der Waals surface area (Å²) in [5.41, 5.74) is 2.58. The molecule has 0 saturated heterocycles. The Balaban J connectivity index is 1.61. The molecule has 3 aromatic carbocycles. The first-order valence-corrected chi connectivity index (χ1v) is 11.5. The van der Waals surface area contributed by atoms with E-state index in [1.54, 1.807) is 42.5 Å². The second kappa shape index (κ2) is 9.52. The number of fused-ring (bicyclic) bond motifs is 1. The molecule has 0 amide bonds. The van der Waals surface area contributed by atoms with Crippen LogP contribution in [-0.4, -0.2) is 21.8 Å². The van der Waals surface area contributed by atoms with Crippen molar-refractivity contribution in [3.8, 4) is 17.1 Å². The number of nitrogens with zero attached hydrogens (tertiary/aromatic N) is 3. The quantitative estimate of drug-likeness (QED) is 0.163. The number of carbonyl (C=O) groups excluding carboxylic acids is 1. The van der Waals surface area contributed by atoms with Crippen LogP contribution < -0.4 is 10.3 Å². The van der Waals surface area contributed by atoms with E-state index in [1.807, 2.05) is 37.3 Å². The molecule has 0 atom stereocenters.